The van der Waals surface area contributed by atoms with Crippen LogP contribution in [0.1, 0.15) is 5.56 Å². The molecule has 0 unspecified atom stereocenters. The van der Waals surface area contributed by atoms with Crippen LogP contribution in [0, 0.1) is 6.92 Å². The molecule has 0 bridgehead atoms. The molecule has 5 heteroatoms. The number of benzene rings is 9. The van der Waals surface area contributed by atoms with Crippen molar-refractivity contribution in [2.45, 2.75) is 26.6 Å². The van der Waals surface area contributed by atoms with Gasteiger partial charge in [0.1, 0.15) is 22.3 Å². The number of furan rings is 2. The Kier molecular flexibility index (Phi) is 8.04. The highest BCUT2D eigenvalue weighted by molar-refractivity contribution is 6.89. The van der Waals surface area contributed by atoms with Crippen LogP contribution in [0.5, 0.6) is 0 Å². The van der Waals surface area contributed by atoms with Crippen LogP contribution in [-0.2, 0) is 0 Å². The maximum Gasteiger partial charge on any atom is 0.139 e. The first-order valence-corrected chi connectivity index (χ1v) is 23.8. The third-order valence-corrected chi connectivity index (χ3v) is 13.8. The van der Waals surface area contributed by atoms with Crippen LogP contribution >= 0.6 is 0 Å². The summed E-state index contributed by atoms with van der Waals surface area (Å²) < 4.78 is 13.3. The Bertz CT molecular complexity index is 3400. The van der Waals surface area contributed by atoms with Gasteiger partial charge in [-0.25, -0.2) is 0 Å². The van der Waals surface area contributed by atoms with Crippen molar-refractivity contribution in [3.05, 3.63) is 188 Å². The molecule has 0 aliphatic rings. The molecule has 0 fully saturated rings. The number of hydrogen-bond acceptors (Lipinski definition) is 4. The Balaban J connectivity index is 1.01. The van der Waals surface area contributed by atoms with E-state index < -0.39 is 8.07 Å². The van der Waals surface area contributed by atoms with E-state index in [1.165, 1.54) is 21.8 Å². The maximum absolute atomic E-state index is 6.64. The summed E-state index contributed by atoms with van der Waals surface area (Å²) in [5, 5.41) is 10.4. The Hall–Kier alpha value is -7.08. The maximum atomic E-state index is 6.64. The molecule has 0 atom stereocenters. The van der Waals surface area contributed by atoms with Crippen LogP contribution in [0.15, 0.2) is 191 Å². The van der Waals surface area contributed by atoms with E-state index in [9.17, 15) is 0 Å². The predicted molar refractivity (Wildman–Crippen MR) is 253 cm³/mol. The van der Waals surface area contributed by atoms with Gasteiger partial charge < -0.3 is 18.6 Å². The molecule has 0 aliphatic heterocycles. The van der Waals surface area contributed by atoms with E-state index in [1.54, 1.807) is 0 Å². The van der Waals surface area contributed by atoms with Gasteiger partial charge in [0.15, 0.2) is 0 Å². The van der Waals surface area contributed by atoms with Gasteiger partial charge in [0.25, 0.3) is 0 Å². The van der Waals surface area contributed by atoms with Crippen molar-refractivity contribution >= 4 is 113 Å². The quantitative estimate of drug-likeness (QED) is 0.151. The van der Waals surface area contributed by atoms with Crippen LogP contribution in [0.2, 0.25) is 19.6 Å². The fraction of sp³-hybridized carbons (Fsp3) is 0.0741. The SMILES string of the molecule is Cc1ccccc1N(c1ccccc1)c1ccc2cc3c(cc2c1)oc1cc2oc4cc5cc(N(c6ccccc6)c6ccccc6[Si](C)(C)C)ccc5cc4c2cc13. The third kappa shape index (κ3) is 5.97. The number of hydrogen-bond donors (Lipinski definition) is 0. The van der Waals surface area contributed by atoms with Crippen LogP contribution < -0.4 is 15.0 Å². The zero-order chi connectivity index (χ0) is 39.8. The van der Waals surface area contributed by atoms with E-state index >= 15 is 0 Å². The highest BCUT2D eigenvalue weighted by Gasteiger charge is 2.25. The van der Waals surface area contributed by atoms with Crippen molar-refractivity contribution in [2.75, 3.05) is 9.80 Å². The summed E-state index contributed by atoms with van der Waals surface area (Å²) in [6, 6.07) is 65.4. The molecule has 2 aromatic heterocycles. The lowest BCUT2D eigenvalue weighted by Gasteiger charge is -2.31. The summed E-state index contributed by atoms with van der Waals surface area (Å²) in [7, 11) is -1.66. The van der Waals surface area contributed by atoms with Gasteiger partial charge in [-0.05, 0) is 130 Å². The van der Waals surface area contributed by atoms with Gasteiger partial charge in [-0.1, -0.05) is 105 Å². The van der Waals surface area contributed by atoms with Crippen molar-refractivity contribution in [1.82, 2.24) is 0 Å². The lowest BCUT2D eigenvalue weighted by Crippen LogP contribution is -2.40. The molecule has 0 aliphatic carbocycles. The molecule has 284 valence electrons. The molecule has 0 N–H and O–H groups in total. The summed E-state index contributed by atoms with van der Waals surface area (Å²) in [6.07, 6.45) is 0. The van der Waals surface area contributed by atoms with E-state index in [0.717, 1.165) is 88.5 Å². The molecule has 11 rings (SSSR count). The molecular weight excluding hydrogens is 737 g/mol. The lowest BCUT2D eigenvalue weighted by molar-refractivity contribution is 0.656. The molecule has 0 spiro atoms. The number of aryl methyl sites for hydroxylation is 1. The van der Waals surface area contributed by atoms with Crippen molar-refractivity contribution in [3.63, 3.8) is 0 Å². The molecule has 59 heavy (non-hydrogen) atoms. The van der Waals surface area contributed by atoms with Gasteiger partial charge in [-0.2, -0.15) is 0 Å². The standard InChI is InChI=1S/C54H42N2O2Si/c1-35-15-11-12-20-48(35)55(40-16-7-5-8-17-40)42-25-23-36-29-44-46-33-47-45-30-37-24-26-43(56(41-18-9-6-10-19-41)49-21-13-14-22-54(49)59(2,3)4)28-39(37)32-51(45)58-53(47)34-52(46)57-50(44)31-38(36)27-42/h5-34H,1-4H3. The average Bonchev–Trinajstić information content (AvgIpc) is 3.78. The second-order valence-electron chi connectivity index (χ2n) is 16.7. The number of fused-ring (bicyclic) bond motifs is 8. The summed E-state index contributed by atoms with van der Waals surface area (Å²) in [6.45, 7) is 9.41. The summed E-state index contributed by atoms with van der Waals surface area (Å²) in [4.78, 5) is 4.73. The minimum Gasteiger partial charge on any atom is -0.456 e. The minimum atomic E-state index is -1.66. The van der Waals surface area contributed by atoms with E-state index in [-0.39, 0.29) is 0 Å². The molecule has 0 saturated carbocycles. The van der Waals surface area contributed by atoms with Gasteiger partial charge in [0.2, 0.25) is 0 Å². The highest BCUT2D eigenvalue weighted by Crippen LogP contribution is 2.43. The fourth-order valence-electron chi connectivity index (χ4n) is 8.91. The number of para-hydroxylation sites is 4. The second kappa shape index (κ2) is 13.5. The first-order valence-electron chi connectivity index (χ1n) is 20.3. The molecule has 2 heterocycles. The monoisotopic (exact) mass is 778 g/mol. The van der Waals surface area contributed by atoms with Gasteiger partial charge >= 0.3 is 0 Å². The summed E-state index contributed by atoms with van der Waals surface area (Å²) in [5.41, 5.74) is 11.5. The zero-order valence-corrected chi connectivity index (χ0v) is 34.5. The molecule has 0 saturated heterocycles. The molecular formula is C54H42N2O2Si. The van der Waals surface area contributed by atoms with E-state index in [1.807, 2.05) is 0 Å². The van der Waals surface area contributed by atoms with Crippen molar-refractivity contribution in [1.29, 1.82) is 0 Å². The third-order valence-electron chi connectivity index (χ3n) is 11.8. The number of rotatable bonds is 7. The lowest BCUT2D eigenvalue weighted by atomic mass is 10.0. The van der Waals surface area contributed by atoms with Crippen LogP contribution in [-0.4, -0.2) is 8.07 Å². The topological polar surface area (TPSA) is 32.8 Å². The van der Waals surface area contributed by atoms with Crippen molar-refractivity contribution in [2.24, 2.45) is 0 Å². The van der Waals surface area contributed by atoms with Crippen LogP contribution in [0.25, 0.3) is 65.4 Å². The van der Waals surface area contributed by atoms with E-state index in [0.29, 0.717) is 0 Å². The van der Waals surface area contributed by atoms with Crippen molar-refractivity contribution < 1.29 is 8.83 Å². The first kappa shape index (κ1) is 35.1. The summed E-state index contributed by atoms with van der Waals surface area (Å²) in [5.74, 6) is 0. The Morgan fingerprint density at radius 1 is 0.356 bits per heavy atom. The zero-order valence-electron chi connectivity index (χ0n) is 33.5. The van der Waals surface area contributed by atoms with Gasteiger partial charge in [0.05, 0.1) is 8.07 Å². The fourth-order valence-corrected chi connectivity index (χ4v) is 10.5. The normalized spacial score (nSPS) is 12.1. The molecule has 0 radical (unpaired) electrons. The molecule has 0 amide bonds. The van der Waals surface area contributed by atoms with Gasteiger partial charge in [0, 0.05) is 61.7 Å². The van der Waals surface area contributed by atoms with Gasteiger partial charge in [-0.3, -0.25) is 0 Å². The largest absolute Gasteiger partial charge is 0.456 e. The predicted octanol–water partition coefficient (Wildman–Crippen LogP) is 15.6. The Morgan fingerprint density at radius 2 is 0.797 bits per heavy atom. The van der Waals surface area contributed by atoms with Gasteiger partial charge in [-0.15, -0.1) is 0 Å². The minimum absolute atomic E-state index is 0.819. The van der Waals surface area contributed by atoms with Crippen LogP contribution in [0.4, 0.5) is 34.1 Å². The summed E-state index contributed by atoms with van der Waals surface area (Å²) >= 11 is 0. The molecule has 4 nitrogen and oxygen atoms in total. The van der Waals surface area contributed by atoms with E-state index in [2.05, 4.69) is 218 Å². The number of nitrogens with zero attached hydrogens (tertiary/aromatic N) is 2. The Labute approximate surface area is 344 Å². The highest BCUT2D eigenvalue weighted by atomic mass is 28.3. The van der Waals surface area contributed by atoms with Crippen LogP contribution in [0.3, 0.4) is 0 Å². The van der Waals surface area contributed by atoms with E-state index in [4.69, 9.17) is 8.83 Å². The smallest absolute Gasteiger partial charge is 0.139 e. The first-order chi connectivity index (χ1) is 28.8. The van der Waals surface area contributed by atoms with Crippen molar-refractivity contribution in [3.8, 4) is 0 Å². The molecule has 9 aromatic carbocycles. The Morgan fingerprint density at radius 3 is 1.32 bits per heavy atom. The second-order valence-corrected chi connectivity index (χ2v) is 21.7. The average molecular weight is 779 g/mol. The number of anilines is 6. The molecule has 11 aromatic rings.